The number of aromatic nitrogens is 1. The Morgan fingerprint density at radius 1 is 1.25 bits per heavy atom. The highest BCUT2D eigenvalue weighted by Crippen LogP contribution is 2.33. The van der Waals surface area contributed by atoms with Gasteiger partial charge in [-0.25, -0.2) is 9.78 Å². The molecule has 112 valence electrons. The summed E-state index contributed by atoms with van der Waals surface area (Å²) in [6, 6.07) is 1.85. The molecule has 1 amide bonds. The molecule has 0 spiro atoms. The third-order valence-electron chi connectivity index (χ3n) is 2.60. The number of methoxy groups -OCH3 is 1. The Hall–Kier alpha value is -0.320. The van der Waals surface area contributed by atoms with Crippen LogP contribution >= 0.6 is 45.2 Å². The number of halogens is 2. The van der Waals surface area contributed by atoms with Crippen LogP contribution in [0.25, 0.3) is 0 Å². The second-order valence-electron chi connectivity index (χ2n) is 4.73. The van der Waals surface area contributed by atoms with Crippen LogP contribution in [0.3, 0.4) is 0 Å². The fourth-order valence-electron chi connectivity index (χ4n) is 1.85. The lowest BCUT2D eigenvalue weighted by molar-refractivity contribution is 0.121. The first kappa shape index (κ1) is 17.7. The molecule has 0 aliphatic heterocycles. The Labute approximate surface area is 146 Å². The SMILES string of the molecule is COc1cc(I)nc(I)c1OC(=O)N(C(C)C)C(C)C. The van der Waals surface area contributed by atoms with Gasteiger partial charge in [-0.2, -0.15) is 0 Å². The summed E-state index contributed by atoms with van der Waals surface area (Å²) in [6.45, 7) is 7.82. The normalized spacial score (nSPS) is 10.8. The average Bonchev–Trinajstić information content (AvgIpc) is 2.31. The van der Waals surface area contributed by atoms with Crippen molar-refractivity contribution >= 4 is 51.3 Å². The zero-order valence-corrected chi connectivity index (χ0v) is 16.4. The second kappa shape index (κ2) is 7.62. The molecule has 1 rings (SSSR count). The van der Waals surface area contributed by atoms with E-state index in [1.165, 1.54) is 0 Å². The van der Waals surface area contributed by atoms with E-state index in [-0.39, 0.29) is 12.1 Å². The zero-order valence-electron chi connectivity index (χ0n) is 12.1. The van der Waals surface area contributed by atoms with Crippen molar-refractivity contribution in [1.82, 2.24) is 9.88 Å². The molecule has 0 unspecified atom stereocenters. The molecule has 0 saturated heterocycles. The smallest absolute Gasteiger partial charge is 0.415 e. The molecule has 0 aromatic carbocycles. The van der Waals surface area contributed by atoms with Crippen molar-refractivity contribution in [1.29, 1.82) is 0 Å². The van der Waals surface area contributed by atoms with Crippen LogP contribution in [0.5, 0.6) is 11.5 Å². The van der Waals surface area contributed by atoms with Crippen LogP contribution in [-0.2, 0) is 0 Å². The first-order valence-corrected chi connectivity index (χ1v) is 8.33. The maximum atomic E-state index is 12.3. The van der Waals surface area contributed by atoms with Crippen LogP contribution in [-0.4, -0.2) is 35.2 Å². The van der Waals surface area contributed by atoms with Crippen LogP contribution in [0.2, 0.25) is 0 Å². The van der Waals surface area contributed by atoms with Crippen molar-refractivity contribution < 1.29 is 14.3 Å². The lowest BCUT2D eigenvalue weighted by Gasteiger charge is -2.29. The number of nitrogens with zero attached hydrogens (tertiary/aromatic N) is 2. The highest BCUT2D eigenvalue weighted by atomic mass is 127. The summed E-state index contributed by atoms with van der Waals surface area (Å²) < 4.78 is 12.1. The average molecular weight is 504 g/mol. The van der Waals surface area contributed by atoms with Crippen LogP contribution in [0.1, 0.15) is 27.7 Å². The highest BCUT2D eigenvalue weighted by molar-refractivity contribution is 14.1. The number of carbonyl (C=O) groups is 1. The molecule has 20 heavy (non-hydrogen) atoms. The highest BCUT2D eigenvalue weighted by Gasteiger charge is 2.25. The lowest BCUT2D eigenvalue weighted by Crippen LogP contribution is -2.43. The summed E-state index contributed by atoms with van der Waals surface area (Å²) in [5.41, 5.74) is 0. The van der Waals surface area contributed by atoms with Gasteiger partial charge in [0.25, 0.3) is 0 Å². The fraction of sp³-hybridized carbons (Fsp3) is 0.538. The van der Waals surface area contributed by atoms with E-state index < -0.39 is 6.09 Å². The van der Waals surface area contributed by atoms with Crippen molar-refractivity contribution in [3.8, 4) is 11.5 Å². The van der Waals surface area contributed by atoms with Crippen molar-refractivity contribution in [3.63, 3.8) is 0 Å². The summed E-state index contributed by atoms with van der Waals surface area (Å²) in [5, 5.41) is 0. The summed E-state index contributed by atoms with van der Waals surface area (Å²) in [6.07, 6.45) is -0.394. The molecule has 7 heteroatoms. The molecule has 0 fully saturated rings. The Morgan fingerprint density at radius 3 is 2.25 bits per heavy atom. The van der Waals surface area contributed by atoms with Crippen molar-refractivity contribution in [2.75, 3.05) is 7.11 Å². The number of amides is 1. The molecule has 0 saturated carbocycles. The Balaban J connectivity index is 3.06. The second-order valence-corrected chi connectivity index (χ2v) is 6.86. The predicted octanol–water partition coefficient (Wildman–Crippen LogP) is 3.92. The number of hydrogen-bond acceptors (Lipinski definition) is 4. The van der Waals surface area contributed by atoms with Gasteiger partial charge >= 0.3 is 6.09 Å². The molecule has 5 nitrogen and oxygen atoms in total. The molecule has 0 aliphatic carbocycles. The van der Waals surface area contributed by atoms with E-state index in [4.69, 9.17) is 9.47 Å². The van der Waals surface area contributed by atoms with Gasteiger partial charge in [-0.05, 0) is 72.9 Å². The van der Waals surface area contributed by atoms with Gasteiger partial charge in [-0.1, -0.05) is 0 Å². The van der Waals surface area contributed by atoms with Crippen molar-refractivity contribution in [2.45, 2.75) is 39.8 Å². The van der Waals surface area contributed by atoms with E-state index in [1.54, 1.807) is 18.1 Å². The summed E-state index contributed by atoms with van der Waals surface area (Å²) in [4.78, 5) is 18.3. The summed E-state index contributed by atoms with van der Waals surface area (Å²) in [7, 11) is 1.54. The maximum Gasteiger partial charge on any atom is 0.415 e. The first-order valence-electron chi connectivity index (χ1n) is 6.18. The molecule has 1 aromatic rings. The molecule has 0 atom stereocenters. The van der Waals surface area contributed by atoms with Gasteiger partial charge in [0, 0.05) is 18.2 Å². The van der Waals surface area contributed by atoms with Gasteiger partial charge in [0.1, 0.15) is 7.40 Å². The van der Waals surface area contributed by atoms with E-state index in [9.17, 15) is 4.79 Å². The third-order valence-corrected chi connectivity index (χ3v) is 3.88. The van der Waals surface area contributed by atoms with E-state index >= 15 is 0 Å². The number of hydrogen-bond donors (Lipinski definition) is 0. The first-order chi connectivity index (χ1) is 9.27. The molecule has 0 radical (unpaired) electrons. The van der Waals surface area contributed by atoms with Gasteiger partial charge in [-0.15, -0.1) is 0 Å². The Morgan fingerprint density at radius 2 is 1.80 bits per heavy atom. The van der Waals surface area contributed by atoms with E-state index in [0.29, 0.717) is 15.2 Å². The monoisotopic (exact) mass is 504 g/mol. The minimum absolute atomic E-state index is 0.0583. The van der Waals surface area contributed by atoms with Gasteiger partial charge < -0.3 is 14.4 Å². The minimum Gasteiger partial charge on any atom is -0.493 e. The zero-order chi connectivity index (χ0) is 15.4. The van der Waals surface area contributed by atoms with E-state index in [1.807, 2.05) is 50.3 Å². The van der Waals surface area contributed by atoms with Gasteiger partial charge in [-0.3, -0.25) is 0 Å². The maximum absolute atomic E-state index is 12.3. The number of carbonyl (C=O) groups excluding carboxylic acids is 1. The molecular weight excluding hydrogens is 486 g/mol. The number of ether oxygens (including phenoxy) is 2. The van der Waals surface area contributed by atoms with Gasteiger partial charge in [0.2, 0.25) is 5.75 Å². The van der Waals surface area contributed by atoms with Crippen LogP contribution in [0.15, 0.2) is 6.07 Å². The Kier molecular flexibility index (Phi) is 6.76. The standard InChI is InChI=1S/C13H18I2N2O3/c1-7(2)17(8(3)4)13(18)20-11-9(19-5)6-10(14)16-12(11)15/h6-8H,1-5H3. The topological polar surface area (TPSA) is 51.7 Å². The van der Waals surface area contributed by atoms with Gasteiger partial charge in [0.05, 0.1) is 7.11 Å². The molecular formula is C13H18I2N2O3. The van der Waals surface area contributed by atoms with E-state index in [2.05, 4.69) is 27.6 Å². The van der Waals surface area contributed by atoms with Crippen molar-refractivity contribution in [3.05, 3.63) is 13.5 Å². The summed E-state index contributed by atoms with van der Waals surface area (Å²) in [5.74, 6) is 0.874. The van der Waals surface area contributed by atoms with E-state index in [0.717, 1.165) is 3.70 Å². The number of rotatable bonds is 4. The molecule has 0 bridgehead atoms. The third kappa shape index (κ3) is 4.34. The largest absolute Gasteiger partial charge is 0.493 e. The predicted molar refractivity (Wildman–Crippen MR) is 94.4 cm³/mol. The van der Waals surface area contributed by atoms with Crippen LogP contribution in [0, 0.1) is 7.40 Å². The lowest BCUT2D eigenvalue weighted by atomic mass is 10.2. The van der Waals surface area contributed by atoms with Gasteiger partial charge in [0.15, 0.2) is 5.75 Å². The van der Waals surface area contributed by atoms with Crippen molar-refractivity contribution in [2.24, 2.45) is 0 Å². The quantitative estimate of drug-likeness (QED) is 0.461. The molecule has 1 aromatic heterocycles. The summed E-state index contributed by atoms with van der Waals surface area (Å²) >= 11 is 4.13. The molecule has 1 heterocycles. The number of pyridine rings is 1. The minimum atomic E-state index is -0.394. The molecule has 0 aliphatic rings. The fourth-order valence-corrected chi connectivity index (χ4v) is 3.48. The van der Waals surface area contributed by atoms with Crippen LogP contribution < -0.4 is 9.47 Å². The Bertz CT molecular complexity index is 485. The van der Waals surface area contributed by atoms with Crippen LogP contribution in [0.4, 0.5) is 4.79 Å². The molecule has 0 N–H and O–H groups in total.